The first kappa shape index (κ1) is 21.7. The van der Waals surface area contributed by atoms with E-state index in [1.54, 1.807) is 23.3 Å². The molecule has 0 fully saturated rings. The summed E-state index contributed by atoms with van der Waals surface area (Å²) in [6.07, 6.45) is 2.15. The fraction of sp³-hybridized carbons (Fsp3) is 0.192. The van der Waals surface area contributed by atoms with E-state index < -0.39 is 5.54 Å². The molecule has 166 valence electrons. The smallest absolute Gasteiger partial charge is 0.267 e. The maximum Gasteiger partial charge on any atom is 0.267 e. The number of rotatable bonds is 4. The Labute approximate surface area is 200 Å². The number of fused-ring (bicyclic) bond motifs is 2. The zero-order valence-electron chi connectivity index (χ0n) is 18.6. The van der Waals surface area contributed by atoms with Crippen molar-refractivity contribution in [2.45, 2.75) is 31.5 Å². The van der Waals surface area contributed by atoms with Crippen molar-refractivity contribution in [2.24, 2.45) is 0 Å². The van der Waals surface area contributed by atoms with Gasteiger partial charge in [0.2, 0.25) is 5.91 Å². The minimum Gasteiger partial charge on any atom is -0.303 e. The molecule has 1 aliphatic heterocycles. The predicted octanol–water partition coefficient (Wildman–Crippen LogP) is 5.77. The van der Waals surface area contributed by atoms with Crippen molar-refractivity contribution in [3.63, 3.8) is 0 Å². The average molecular weight is 474 g/mol. The van der Waals surface area contributed by atoms with Crippen LogP contribution in [0.3, 0.4) is 0 Å². The van der Waals surface area contributed by atoms with Crippen molar-refractivity contribution in [1.29, 1.82) is 0 Å². The fourth-order valence-electron chi connectivity index (χ4n) is 4.45. The number of hydrogen-bond donors (Lipinski definition) is 0. The Morgan fingerprint density at radius 1 is 1.06 bits per heavy atom. The molecule has 0 atom stereocenters. The first-order chi connectivity index (χ1) is 15.9. The van der Waals surface area contributed by atoms with E-state index in [4.69, 9.17) is 4.98 Å². The fourth-order valence-corrected chi connectivity index (χ4v) is 6.26. The molecule has 5 nitrogen and oxygen atoms in total. The highest BCUT2D eigenvalue weighted by atomic mass is 32.2. The van der Waals surface area contributed by atoms with Gasteiger partial charge in [0.15, 0.2) is 5.16 Å². The van der Waals surface area contributed by atoms with Crippen LogP contribution in [0.4, 0.5) is 5.69 Å². The summed E-state index contributed by atoms with van der Waals surface area (Å²) < 4.78 is 1.70. The summed E-state index contributed by atoms with van der Waals surface area (Å²) in [5, 5.41) is 3.20. The second kappa shape index (κ2) is 8.32. The molecule has 4 aromatic rings. The maximum absolute atomic E-state index is 13.3. The van der Waals surface area contributed by atoms with Crippen LogP contribution in [0.5, 0.6) is 0 Å². The summed E-state index contributed by atoms with van der Waals surface area (Å²) >= 11 is 3.02. The highest BCUT2D eigenvalue weighted by molar-refractivity contribution is 7.99. The average Bonchev–Trinajstić information content (AvgIpc) is 3.26. The maximum atomic E-state index is 13.3. The molecule has 2 aromatic carbocycles. The molecule has 2 aromatic heterocycles. The molecule has 7 heteroatoms. The molecular formula is C26H23N3O2S2. The van der Waals surface area contributed by atoms with Crippen molar-refractivity contribution >= 4 is 50.5 Å². The van der Waals surface area contributed by atoms with Crippen LogP contribution in [-0.2, 0) is 4.79 Å². The largest absolute Gasteiger partial charge is 0.303 e. The first-order valence-electron chi connectivity index (χ1n) is 10.7. The molecule has 5 rings (SSSR count). The van der Waals surface area contributed by atoms with Gasteiger partial charge in [0.1, 0.15) is 4.83 Å². The minimum absolute atomic E-state index is 0.0122. The summed E-state index contributed by atoms with van der Waals surface area (Å²) in [4.78, 5) is 33.2. The van der Waals surface area contributed by atoms with Crippen LogP contribution in [0.1, 0.15) is 26.3 Å². The van der Waals surface area contributed by atoms with E-state index in [0.717, 1.165) is 27.3 Å². The SMILES string of the molecule is CC(=O)N1c2ccccc2C(CSc2nc3sccc3c(=O)n2-c2ccccc2)=CC1(C)C. The van der Waals surface area contributed by atoms with Gasteiger partial charge in [-0.2, -0.15) is 0 Å². The second-order valence-electron chi connectivity index (χ2n) is 8.49. The van der Waals surface area contributed by atoms with Gasteiger partial charge < -0.3 is 4.90 Å². The van der Waals surface area contributed by atoms with E-state index in [9.17, 15) is 9.59 Å². The molecule has 0 aliphatic carbocycles. The number of amides is 1. The lowest BCUT2D eigenvalue weighted by Crippen LogP contribution is -2.48. The van der Waals surface area contributed by atoms with Gasteiger partial charge >= 0.3 is 0 Å². The van der Waals surface area contributed by atoms with Gasteiger partial charge in [-0.15, -0.1) is 11.3 Å². The number of hydrogen-bond acceptors (Lipinski definition) is 5. The molecule has 33 heavy (non-hydrogen) atoms. The van der Waals surface area contributed by atoms with Gasteiger partial charge in [0.05, 0.1) is 22.3 Å². The van der Waals surface area contributed by atoms with E-state index in [0.29, 0.717) is 16.3 Å². The summed E-state index contributed by atoms with van der Waals surface area (Å²) in [6, 6.07) is 19.5. The topological polar surface area (TPSA) is 55.2 Å². The van der Waals surface area contributed by atoms with Gasteiger partial charge in [-0.25, -0.2) is 4.98 Å². The van der Waals surface area contributed by atoms with Crippen LogP contribution in [0, 0.1) is 0 Å². The van der Waals surface area contributed by atoms with E-state index in [1.165, 1.54) is 11.3 Å². The molecule has 0 saturated carbocycles. The van der Waals surface area contributed by atoms with Gasteiger partial charge in [0, 0.05) is 18.2 Å². The minimum atomic E-state index is -0.458. The molecule has 1 amide bonds. The standard InChI is InChI=1S/C26H23N3O2S2/c1-17(30)29-22-12-8-7-11-20(22)18(15-26(29,2)3)16-33-25-27-23-21(13-14-32-23)24(31)28(25)19-9-5-4-6-10-19/h4-15H,16H2,1-3H3. The number of carbonyl (C=O) groups is 1. The normalized spacial score (nSPS) is 14.8. The number of para-hydroxylation sites is 2. The number of carbonyl (C=O) groups excluding carboxylic acids is 1. The molecule has 0 bridgehead atoms. The van der Waals surface area contributed by atoms with Gasteiger partial charge in [-0.3, -0.25) is 14.2 Å². The molecule has 1 aliphatic rings. The summed E-state index contributed by atoms with van der Waals surface area (Å²) in [6.45, 7) is 5.69. The Hall–Kier alpha value is -3.16. The van der Waals surface area contributed by atoms with Crippen molar-refractivity contribution in [3.05, 3.63) is 88.0 Å². The van der Waals surface area contributed by atoms with Crippen molar-refractivity contribution in [3.8, 4) is 5.69 Å². The lowest BCUT2D eigenvalue weighted by molar-refractivity contribution is -0.117. The van der Waals surface area contributed by atoms with E-state index in [-0.39, 0.29) is 11.5 Å². The zero-order chi connectivity index (χ0) is 23.2. The van der Waals surface area contributed by atoms with Crippen LogP contribution in [0.2, 0.25) is 0 Å². The highest BCUT2D eigenvalue weighted by Gasteiger charge is 2.34. The Morgan fingerprint density at radius 3 is 2.55 bits per heavy atom. The van der Waals surface area contributed by atoms with Gasteiger partial charge in [-0.05, 0) is 49.1 Å². The Bertz CT molecular complexity index is 1450. The third-order valence-corrected chi connectivity index (χ3v) is 7.54. The highest BCUT2D eigenvalue weighted by Crippen LogP contribution is 2.41. The Balaban J connectivity index is 1.58. The van der Waals surface area contributed by atoms with Crippen molar-refractivity contribution in [2.75, 3.05) is 10.7 Å². The van der Waals surface area contributed by atoms with Crippen LogP contribution in [-0.4, -0.2) is 26.8 Å². The monoisotopic (exact) mass is 473 g/mol. The van der Waals surface area contributed by atoms with E-state index >= 15 is 0 Å². The number of nitrogens with zero attached hydrogens (tertiary/aromatic N) is 3. The zero-order valence-corrected chi connectivity index (χ0v) is 20.2. The van der Waals surface area contributed by atoms with Crippen LogP contribution < -0.4 is 10.5 Å². The third-order valence-electron chi connectivity index (χ3n) is 5.75. The second-order valence-corrected chi connectivity index (χ2v) is 10.3. The number of thioether (sulfide) groups is 1. The first-order valence-corrected chi connectivity index (χ1v) is 12.5. The number of benzene rings is 2. The molecular weight excluding hydrogens is 450 g/mol. The lowest BCUT2D eigenvalue weighted by Gasteiger charge is -2.41. The quantitative estimate of drug-likeness (QED) is 0.279. The summed E-state index contributed by atoms with van der Waals surface area (Å²) in [5.74, 6) is 0.639. The number of thiophene rings is 1. The van der Waals surface area contributed by atoms with Crippen LogP contribution in [0.25, 0.3) is 21.5 Å². The van der Waals surface area contributed by atoms with E-state index in [1.807, 2.05) is 84.8 Å². The predicted molar refractivity (Wildman–Crippen MR) is 138 cm³/mol. The van der Waals surface area contributed by atoms with Gasteiger partial charge in [0.25, 0.3) is 5.56 Å². The van der Waals surface area contributed by atoms with Gasteiger partial charge in [-0.1, -0.05) is 54.2 Å². The summed E-state index contributed by atoms with van der Waals surface area (Å²) in [7, 11) is 0. The van der Waals surface area contributed by atoms with Crippen molar-refractivity contribution in [1.82, 2.24) is 9.55 Å². The molecule has 0 radical (unpaired) electrons. The number of aromatic nitrogens is 2. The Morgan fingerprint density at radius 2 is 1.79 bits per heavy atom. The molecule has 0 unspecified atom stereocenters. The van der Waals surface area contributed by atoms with Crippen molar-refractivity contribution < 1.29 is 4.79 Å². The van der Waals surface area contributed by atoms with Crippen LogP contribution in [0.15, 0.2) is 82.1 Å². The third kappa shape index (κ3) is 3.81. The lowest BCUT2D eigenvalue weighted by atomic mass is 9.89. The summed E-state index contributed by atoms with van der Waals surface area (Å²) in [5.41, 5.74) is 3.35. The van der Waals surface area contributed by atoms with Crippen LogP contribution >= 0.6 is 23.1 Å². The molecule has 0 spiro atoms. The molecule has 0 saturated heterocycles. The molecule has 3 heterocycles. The van der Waals surface area contributed by atoms with E-state index in [2.05, 4.69) is 6.08 Å². The number of anilines is 1. The Kier molecular flexibility index (Phi) is 5.46. The molecule has 0 N–H and O–H groups in total.